The first-order valence-electron chi connectivity index (χ1n) is 5.39. The summed E-state index contributed by atoms with van der Waals surface area (Å²) < 4.78 is 49.4. The fourth-order valence-electron chi connectivity index (χ4n) is 1.89. The molecule has 1 aromatic rings. The third-order valence-corrected chi connectivity index (χ3v) is 5.16. The van der Waals surface area contributed by atoms with Crippen molar-refractivity contribution < 1.29 is 22.0 Å². The standard InChI is InChI=1S/C11H10ClF2NO3S/c12-6-4-19(17,18)5-9(6)15-11(16)10-7(13)2-1-3-8(10)14/h1-3,6,9H,4-5H2,(H,15,16). The van der Waals surface area contributed by atoms with Gasteiger partial charge in [-0.15, -0.1) is 11.6 Å². The Balaban J connectivity index is 2.19. The SMILES string of the molecule is O=C(NC1CS(=O)(=O)CC1Cl)c1c(F)cccc1F. The number of amides is 1. The molecule has 0 aliphatic carbocycles. The van der Waals surface area contributed by atoms with Gasteiger partial charge in [0.15, 0.2) is 9.84 Å². The van der Waals surface area contributed by atoms with E-state index in [0.29, 0.717) is 0 Å². The normalized spacial score (nSPS) is 25.2. The van der Waals surface area contributed by atoms with E-state index in [1.165, 1.54) is 0 Å². The topological polar surface area (TPSA) is 63.2 Å². The van der Waals surface area contributed by atoms with E-state index in [9.17, 15) is 22.0 Å². The summed E-state index contributed by atoms with van der Waals surface area (Å²) in [7, 11) is -3.33. The molecule has 2 atom stereocenters. The molecule has 1 aliphatic rings. The first-order chi connectivity index (χ1) is 8.80. The van der Waals surface area contributed by atoms with Crippen molar-refractivity contribution in [1.82, 2.24) is 5.32 Å². The van der Waals surface area contributed by atoms with Gasteiger partial charge in [-0.05, 0) is 12.1 Å². The molecule has 0 saturated carbocycles. The number of benzene rings is 1. The van der Waals surface area contributed by atoms with Crippen LogP contribution in [0.3, 0.4) is 0 Å². The highest BCUT2D eigenvalue weighted by atomic mass is 35.5. The average Bonchev–Trinajstić information content (AvgIpc) is 2.51. The maximum absolute atomic E-state index is 13.4. The number of carbonyl (C=O) groups excluding carboxylic acids is 1. The second kappa shape index (κ2) is 5.05. The molecule has 104 valence electrons. The minimum Gasteiger partial charge on any atom is -0.347 e. The monoisotopic (exact) mass is 309 g/mol. The van der Waals surface area contributed by atoms with E-state index in [1.807, 2.05) is 0 Å². The maximum Gasteiger partial charge on any atom is 0.257 e. The van der Waals surface area contributed by atoms with Crippen LogP contribution >= 0.6 is 11.6 Å². The van der Waals surface area contributed by atoms with Crippen molar-refractivity contribution >= 4 is 27.3 Å². The molecule has 0 aromatic heterocycles. The summed E-state index contributed by atoms with van der Waals surface area (Å²) in [6, 6.07) is 2.17. The van der Waals surface area contributed by atoms with Gasteiger partial charge in [0.05, 0.1) is 22.9 Å². The van der Waals surface area contributed by atoms with Crippen LogP contribution in [0.1, 0.15) is 10.4 Å². The lowest BCUT2D eigenvalue weighted by Gasteiger charge is -2.14. The number of rotatable bonds is 2. The molecule has 8 heteroatoms. The Hall–Kier alpha value is -1.21. The van der Waals surface area contributed by atoms with Crippen LogP contribution in [0.4, 0.5) is 8.78 Å². The highest BCUT2D eigenvalue weighted by molar-refractivity contribution is 7.91. The zero-order valence-corrected chi connectivity index (χ0v) is 11.1. The first kappa shape index (κ1) is 14.2. The number of sulfone groups is 1. The molecule has 1 heterocycles. The maximum atomic E-state index is 13.4. The van der Waals surface area contributed by atoms with Crippen LogP contribution < -0.4 is 5.32 Å². The lowest BCUT2D eigenvalue weighted by Crippen LogP contribution is -2.41. The first-order valence-corrected chi connectivity index (χ1v) is 7.65. The fourth-order valence-corrected chi connectivity index (χ4v) is 4.44. The Labute approximate surface area is 113 Å². The minimum atomic E-state index is -3.33. The van der Waals surface area contributed by atoms with Crippen molar-refractivity contribution in [2.24, 2.45) is 0 Å². The molecular weight excluding hydrogens is 300 g/mol. The van der Waals surface area contributed by atoms with E-state index in [-0.39, 0.29) is 11.5 Å². The van der Waals surface area contributed by atoms with Crippen LogP contribution in [-0.4, -0.2) is 37.2 Å². The number of alkyl halides is 1. The van der Waals surface area contributed by atoms with Crippen LogP contribution in [0.15, 0.2) is 18.2 Å². The summed E-state index contributed by atoms with van der Waals surface area (Å²) in [5.41, 5.74) is -0.740. The molecule has 1 N–H and O–H groups in total. The van der Waals surface area contributed by atoms with Gasteiger partial charge in [0.25, 0.3) is 5.91 Å². The molecule has 2 rings (SSSR count). The molecule has 1 fully saturated rings. The van der Waals surface area contributed by atoms with E-state index in [4.69, 9.17) is 11.6 Å². The Kier molecular flexibility index (Phi) is 3.78. The predicted molar refractivity (Wildman–Crippen MR) is 65.9 cm³/mol. The van der Waals surface area contributed by atoms with Crippen molar-refractivity contribution in [3.8, 4) is 0 Å². The summed E-state index contributed by atoms with van der Waals surface area (Å²) in [4.78, 5) is 11.8. The quantitative estimate of drug-likeness (QED) is 0.832. The lowest BCUT2D eigenvalue weighted by atomic mass is 10.1. The van der Waals surface area contributed by atoms with Crippen molar-refractivity contribution in [1.29, 1.82) is 0 Å². The number of nitrogens with one attached hydrogen (secondary N) is 1. The zero-order chi connectivity index (χ0) is 14.2. The molecule has 1 amide bonds. The van der Waals surface area contributed by atoms with Crippen LogP contribution in [0.2, 0.25) is 0 Å². The smallest absolute Gasteiger partial charge is 0.257 e. The van der Waals surface area contributed by atoms with E-state index >= 15 is 0 Å². The molecule has 19 heavy (non-hydrogen) atoms. The molecule has 2 unspecified atom stereocenters. The third-order valence-electron chi connectivity index (χ3n) is 2.79. The Bertz CT molecular complexity index is 600. The largest absolute Gasteiger partial charge is 0.347 e. The second-order valence-corrected chi connectivity index (χ2v) is 6.98. The van der Waals surface area contributed by atoms with E-state index in [2.05, 4.69) is 5.32 Å². The minimum absolute atomic E-state index is 0.265. The van der Waals surface area contributed by atoms with Gasteiger partial charge in [-0.2, -0.15) is 0 Å². The van der Waals surface area contributed by atoms with Gasteiger partial charge in [0.2, 0.25) is 0 Å². The van der Waals surface area contributed by atoms with Gasteiger partial charge in [-0.1, -0.05) is 6.07 Å². The number of hydrogen-bond acceptors (Lipinski definition) is 3. The van der Waals surface area contributed by atoms with Crippen LogP contribution in [-0.2, 0) is 9.84 Å². The fraction of sp³-hybridized carbons (Fsp3) is 0.364. The molecule has 1 aromatic carbocycles. The Morgan fingerprint density at radius 3 is 2.32 bits per heavy atom. The number of carbonyl (C=O) groups is 1. The Morgan fingerprint density at radius 2 is 1.84 bits per heavy atom. The lowest BCUT2D eigenvalue weighted by molar-refractivity contribution is 0.0933. The highest BCUT2D eigenvalue weighted by Gasteiger charge is 2.37. The summed E-state index contributed by atoms with van der Waals surface area (Å²) in [6.45, 7) is 0. The van der Waals surface area contributed by atoms with Crippen molar-refractivity contribution in [3.63, 3.8) is 0 Å². The molecule has 0 bridgehead atoms. The predicted octanol–water partition coefficient (Wildman–Crippen LogP) is 1.10. The molecule has 0 spiro atoms. The van der Waals surface area contributed by atoms with Gasteiger partial charge >= 0.3 is 0 Å². The van der Waals surface area contributed by atoms with E-state index in [0.717, 1.165) is 18.2 Å². The van der Waals surface area contributed by atoms with E-state index in [1.54, 1.807) is 0 Å². The van der Waals surface area contributed by atoms with Crippen LogP contribution in [0, 0.1) is 11.6 Å². The van der Waals surface area contributed by atoms with Crippen molar-refractivity contribution in [2.45, 2.75) is 11.4 Å². The van der Waals surface area contributed by atoms with Gasteiger partial charge in [-0.3, -0.25) is 4.79 Å². The highest BCUT2D eigenvalue weighted by Crippen LogP contribution is 2.19. The van der Waals surface area contributed by atoms with Crippen molar-refractivity contribution in [2.75, 3.05) is 11.5 Å². The molecule has 1 saturated heterocycles. The van der Waals surface area contributed by atoms with Crippen LogP contribution in [0.5, 0.6) is 0 Å². The number of hydrogen-bond donors (Lipinski definition) is 1. The van der Waals surface area contributed by atoms with E-state index < -0.39 is 44.4 Å². The molecule has 4 nitrogen and oxygen atoms in total. The van der Waals surface area contributed by atoms with Gasteiger partial charge in [0, 0.05) is 0 Å². The van der Waals surface area contributed by atoms with Gasteiger partial charge < -0.3 is 5.32 Å². The average molecular weight is 310 g/mol. The van der Waals surface area contributed by atoms with Crippen molar-refractivity contribution in [3.05, 3.63) is 35.4 Å². The second-order valence-electron chi connectivity index (χ2n) is 4.27. The summed E-state index contributed by atoms with van der Waals surface area (Å²) >= 11 is 5.79. The summed E-state index contributed by atoms with van der Waals surface area (Å²) in [6.07, 6.45) is 0. The van der Waals surface area contributed by atoms with Crippen LogP contribution in [0.25, 0.3) is 0 Å². The number of halogens is 3. The molecule has 1 aliphatic heterocycles. The third kappa shape index (κ3) is 3.03. The molecular formula is C11H10ClF2NO3S. The zero-order valence-electron chi connectivity index (χ0n) is 9.57. The molecule has 0 radical (unpaired) electrons. The summed E-state index contributed by atoms with van der Waals surface area (Å²) in [5.74, 6) is -3.63. The Morgan fingerprint density at radius 1 is 1.26 bits per heavy atom. The van der Waals surface area contributed by atoms with Gasteiger partial charge in [0.1, 0.15) is 17.2 Å². The van der Waals surface area contributed by atoms with Gasteiger partial charge in [-0.25, -0.2) is 17.2 Å². The summed E-state index contributed by atoms with van der Waals surface area (Å²) in [5, 5.41) is 1.45.